The second-order valence-electron chi connectivity index (χ2n) is 16.1. The first-order chi connectivity index (χ1) is 30.3. The predicted octanol–water partition coefficient (Wildman–Crippen LogP) is 15.5. The lowest BCUT2D eigenvalue weighted by Crippen LogP contribution is -1.96. The van der Waals surface area contributed by atoms with Crippen molar-refractivity contribution in [2.45, 2.75) is 0 Å². The Morgan fingerprint density at radius 1 is 0.213 bits per heavy atom. The van der Waals surface area contributed by atoms with Gasteiger partial charge >= 0.3 is 0 Å². The average Bonchev–Trinajstić information content (AvgIpc) is 3.96. The lowest BCUT2D eigenvalue weighted by atomic mass is 10.00. The molecule has 0 fully saturated rings. The van der Waals surface area contributed by atoms with E-state index in [2.05, 4.69) is 238 Å². The topological polar surface area (TPSA) is 14.8 Å². The van der Waals surface area contributed by atoms with Gasteiger partial charge in [-0.3, -0.25) is 0 Å². The van der Waals surface area contributed by atoms with E-state index in [0.29, 0.717) is 0 Å². The third kappa shape index (κ3) is 5.11. The van der Waals surface area contributed by atoms with Gasteiger partial charge in [0, 0.05) is 49.1 Å². The molecule has 0 bridgehead atoms. The van der Waals surface area contributed by atoms with Crippen molar-refractivity contribution in [2.75, 3.05) is 0 Å². The predicted molar refractivity (Wildman–Crippen MR) is 258 cm³/mol. The molecule has 0 radical (unpaired) electrons. The molecule has 0 saturated heterocycles. The molecule has 0 aliphatic carbocycles. The van der Waals surface area contributed by atoms with Crippen LogP contribution in [0.4, 0.5) is 0 Å². The highest BCUT2D eigenvalue weighted by molar-refractivity contribution is 6.20. The molecule has 0 N–H and O–H groups in total. The van der Waals surface area contributed by atoms with Gasteiger partial charge in [-0.05, 0) is 107 Å². The maximum absolute atomic E-state index is 2.46. The molecule has 0 amide bonds. The summed E-state index contributed by atoms with van der Waals surface area (Å²) >= 11 is 0. The molecule has 0 aliphatic heterocycles. The maximum Gasteiger partial charge on any atom is 0.0562 e. The summed E-state index contributed by atoms with van der Waals surface area (Å²) in [6, 6.07) is 82.3. The molecule has 61 heavy (non-hydrogen) atoms. The minimum absolute atomic E-state index is 1.14. The van der Waals surface area contributed by atoms with Crippen molar-refractivity contribution < 1.29 is 0 Å². The van der Waals surface area contributed by atoms with Crippen molar-refractivity contribution in [2.24, 2.45) is 0 Å². The van der Waals surface area contributed by atoms with Crippen LogP contribution < -0.4 is 0 Å². The van der Waals surface area contributed by atoms with Crippen LogP contribution in [0, 0.1) is 0 Å². The summed E-state index contributed by atoms with van der Waals surface area (Å²) in [6.45, 7) is 0. The monoisotopic (exact) mass is 775 g/mol. The Morgan fingerprint density at radius 3 is 1.34 bits per heavy atom. The maximum atomic E-state index is 2.46. The highest BCUT2D eigenvalue weighted by Crippen LogP contribution is 2.42. The van der Waals surface area contributed by atoms with Crippen molar-refractivity contribution in [3.8, 4) is 39.3 Å². The van der Waals surface area contributed by atoms with Crippen molar-refractivity contribution >= 4 is 76.2 Å². The van der Waals surface area contributed by atoms with Gasteiger partial charge in [-0.2, -0.15) is 0 Å². The highest BCUT2D eigenvalue weighted by atomic mass is 15.0. The third-order valence-corrected chi connectivity index (χ3v) is 12.8. The molecular weight excluding hydrogens is 739 g/mol. The molecule has 0 spiro atoms. The Bertz CT molecular complexity index is 3840. The average molecular weight is 776 g/mol. The first-order valence-corrected chi connectivity index (χ1v) is 21.0. The fourth-order valence-corrected chi connectivity index (χ4v) is 10.0. The summed E-state index contributed by atoms with van der Waals surface area (Å²) < 4.78 is 7.31. The second kappa shape index (κ2) is 13.2. The standard InChI is InChI=1S/C58H37N3/c1-3-14-38(15-4-1)39-26-30-44(31-27-39)60-55-32-28-42(35-49(55)51-36-50-47-22-9-11-23-53(47)59(57(50)37-58(51)60)43-18-5-2-6-19-43)41-29-33-56-48(34-41)46-21-10-12-24-54(46)61(56)52-25-13-17-40-16-7-8-20-45(40)52/h1-37H. The number of nitrogens with zero attached hydrogens (tertiary/aromatic N) is 3. The van der Waals surface area contributed by atoms with Gasteiger partial charge in [-0.1, -0.05) is 146 Å². The summed E-state index contributed by atoms with van der Waals surface area (Å²) in [6.07, 6.45) is 0. The van der Waals surface area contributed by atoms with Crippen molar-refractivity contribution in [1.82, 2.24) is 13.7 Å². The van der Waals surface area contributed by atoms with Crippen LogP contribution >= 0.6 is 0 Å². The van der Waals surface area contributed by atoms with E-state index >= 15 is 0 Å². The molecule has 13 rings (SSSR count). The fourth-order valence-electron chi connectivity index (χ4n) is 10.0. The van der Waals surface area contributed by atoms with Crippen molar-refractivity contribution in [3.05, 3.63) is 224 Å². The van der Waals surface area contributed by atoms with Crippen LogP contribution in [-0.2, 0) is 0 Å². The van der Waals surface area contributed by atoms with Gasteiger partial charge in [-0.15, -0.1) is 0 Å². The van der Waals surface area contributed by atoms with Gasteiger partial charge in [0.05, 0.1) is 38.8 Å². The number of rotatable bonds is 5. The van der Waals surface area contributed by atoms with E-state index < -0.39 is 0 Å². The number of aromatic nitrogens is 3. The van der Waals surface area contributed by atoms with Crippen LogP contribution in [-0.4, -0.2) is 13.7 Å². The Hall–Kier alpha value is -8.14. The summed E-state index contributed by atoms with van der Waals surface area (Å²) in [5.74, 6) is 0. The van der Waals surface area contributed by atoms with Crippen LogP contribution in [0.2, 0.25) is 0 Å². The molecule has 0 atom stereocenters. The van der Waals surface area contributed by atoms with E-state index in [1.165, 1.54) is 104 Å². The third-order valence-electron chi connectivity index (χ3n) is 12.8. The van der Waals surface area contributed by atoms with Gasteiger partial charge < -0.3 is 13.7 Å². The van der Waals surface area contributed by atoms with Gasteiger partial charge in [0.15, 0.2) is 0 Å². The normalized spacial score (nSPS) is 11.9. The Balaban J connectivity index is 1.05. The minimum Gasteiger partial charge on any atom is -0.309 e. The van der Waals surface area contributed by atoms with E-state index in [1.54, 1.807) is 0 Å². The van der Waals surface area contributed by atoms with Gasteiger partial charge in [0.1, 0.15) is 0 Å². The molecular formula is C58H37N3. The quantitative estimate of drug-likeness (QED) is 0.165. The number of hydrogen-bond donors (Lipinski definition) is 0. The molecule has 0 aliphatic rings. The number of fused-ring (bicyclic) bond motifs is 10. The van der Waals surface area contributed by atoms with E-state index in [1.807, 2.05) is 0 Å². The minimum atomic E-state index is 1.14. The van der Waals surface area contributed by atoms with E-state index in [4.69, 9.17) is 0 Å². The smallest absolute Gasteiger partial charge is 0.0562 e. The Labute approximate surface area is 352 Å². The van der Waals surface area contributed by atoms with E-state index in [9.17, 15) is 0 Å². The van der Waals surface area contributed by atoms with Crippen molar-refractivity contribution in [3.63, 3.8) is 0 Å². The van der Waals surface area contributed by atoms with Crippen LogP contribution in [0.5, 0.6) is 0 Å². The van der Waals surface area contributed by atoms with Gasteiger partial charge in [0.2, 0.25) is 0 Å². The van der Waals surface area contributed by atoms with Gasteiger partial charge in [-0.25, -0.2) is 0 Å². The second-order valence-corrected chi connectivity index (χ2v) is 16.1. The van der Waals surface area contributed by atoms with Gasteiger partial charge in [0.25, 0.3) is 0 Å². The number of para-hydroxylation sites is 3. The van der Waals surface area contributed by atoms with Crippen molar-refractivity contribution in [1.29, 1.82) is 0 Å². The first kappa shape index (κ1) is 33.8. The summed E-state index contributed by atoms with van der Waals surface area (Å²) in [4.78, 5) is 0. The zero-order chi connectivity index (χ0) is 40.0. The van der Waals surface area contributed by atoms with E-state index in [0.717, 1.165) is 11.4 Å². The fraction of sp³-hybridized carbons (Fsp3) is 0. The largest absolute Gasteiger partial charge is 0.309 e. The molecule has 3 heteroatoms. The molecule has 3 heterocycles. The van der Waals surface area contributed by atoms with Crippen LogP contribution in [0.3, 0.4) is 0 Å². The number of hydrogen-bond acceptors (Lipinski definition) is 0. The summed E-state index contributed by atoms with van der Waals surface area (Å²) in [5, 5.41) is 9.95. The lowest BCUT2D eigenvalue weighted by Gasteiger charge is -2.12. The molecule has 284 valence electrons. The van der Waals surface area contributed by atoms with Crippen LogP contribution in [0.25, 0.3) is 116 Å². The zero-order valence-electron chi connectivity index (χ0n) is 33.2. The summed E-state index contributed by atoms with van der Waals surface area (Å²) in [5.41, 5.74) is 15.5. The summed E-state index contributed by atoms with van der Waals surface area (Å²) in [7, 11) is 0. The van der Waals surface area contributed by atoms with E-state index in [-0.39, 0.29) is 0 Å². The molecule has 13 aromatic rings. The van der Waals surface area contributed by atoms with Crippen LogP contribution in [0.15, 0.2) is 224 Å². The highest BCUT2D eigenvalue weighted by Gasteiger charge is 2.20. The molecule has 0 saturated carbocycles. The Kier molecular flexibility index (Phi) is 7.31. The molecule has 3 nitrogen and oxygen atoms in total. The first-order valence-electron chi connectivity index (χ1n) is 21.0. The SMILES string of the molecule is c1ccc(-c2ccc(-n3c4ccc(-c5ccc6c(c5)c5ccccc5n6-c5cccc6ccccc56)cc4c4cc5c6ccccc6n(-c6ccccc6)c5cc43)cc2)cc1. The zero-order valence-corrected chi connectivity index (χ0v) is 33.2. The molecule has 10 aromatic carbocycles. The Morgan fingerprint density at radius 2 is 0.656 bits per heavy atom. The van der Waals surface area contributed by atoms with Crippen LogP contribution in [0.1, 0.15) is 0 Å². The lowest BCUT2D eigenvalue weighted by molar-refractivity contribution is 1.16. The molecule has 0 unspecified atom stereocenters. The number of benzene rings is 10. The molecule has 3 aromatic heterocycles.